The van der Waals surface area contributed by atoms with Crippen molar-refractivity contribution in [3.63, 3.8) is 0 Å². The van der Waals surface area contributed by atoms with Gasteiger partial charge in [-0.05, 0) is 36.1 Å². The summed E-state index contributed by atoms with van der Waals surface area (Å²) in [6.45, 7) is 1.43. The minimum atomic E-state index is -0.776. The van der Waals surface area contributed by atoms with Gasteiger partial charge < -0.3 is 14.0 Å². The second-order valence-corrected chi connectivity index (χ2v) is 9.75. The number of carbonyl (C=O) groups is 2. The van der Waals surface area contributed by atoms with Crippen molar-refractivity contribution in [3.05, 3.63) is 99.8 Å². The second kappa shape index (κ2) is 10.9. The molecule has 0 saturated heterocycles. The predicted molar refractivity (Wildman–Crippen MR) is 152 cm³/mol. The van der Waals surface area contributed by atoms with Gasteiger partial charge in [-0.15, -0.1) is 11.3 Å². The third-order valence-electron chi connectivity index (χ3n) is 6.29. The van der Waals surface area contributed by atoms with E-state index in [1.807, 2.05) is 66.9 Å². The molecule has 0 spiro atoms. The summed E-state index contributed by atoms with van der Waals surface area (Å²) in [6.07, 6.45) is 0. The molecule has 5 aromatic rings. The maximum Gasteiger partial charge on any atom is 0.356 e. The molecule has 0 radical (unpaired) electrons. The quantitative estimate of drug-likeness (QED) is 0.277. The van der Waals surface area contributed by atoms with Crippen LogP contribution in [0, 0.1) is 6.92 Å². The highest BCUT2D eigenvalue weighted by atomic mass is 32.1. The molecule has 39 heavy (non-hydrogen) atoms. The van der Waals surface area contributed by atoms with Crippen LogP contribution in [0.15, 0.2) is 83.0 Å². The predicted octanol–water partition coefficient (Wildman–Crippen LogP) is 5.44. The number of fused-ring (bicyclic) bond motifs is 1. The van der Waals surface area contributed by atoms with Crippen molar-refractivity contribution in [2.24, 2.45) is 7.05 Å². The number of aromatic nitrogens is 2. The number of methoxy groups -OCH3 is 1. The number of nitrogens with zero attached hydrogens (tertiary/aromatic N) is 2. The van der Waals surface area contributed by atoms with E-state index in [9.17, 15) is 14.4 Å². The number of carbonyl (C=O) groups excluding carboxylic acids is 2. The number of hydrogen-bond acceptors (Lipinski definition) is 7. The Morgan fingerprint density at radius 3 is 2.46 bits per heavy atom. The molecule has 0 aliphatic rings. The van der Waals surface area contributed by atoms with Gasteiger partial charge in [0, 0.05) is 28.9 Å². The number of pyridine rings is 1. The Bertz CT molecular complexity index is 1760. The zero-order valence-electron chi connectivity index (χ0n) is 21.6. The Morgan fingerprint density at radius 1 is 0.974 bits per heavy atom. The van der Waals surface area contributed by atoms with E-state index in [0.717, 1.165) is 16.7 Å². The first-order valence-electron chi connectivity index (χ1n) is 12.1. The first-order valence-corrected chi connectivity index (χ1v) is 13.0. The zero-order valence-corrected chi connectivity index (χ0v) is 22.4. The van der Waals surface area contributed by atoms with Crippen molar-refractivity contribution < 1.29 is 19.1 Å². The second-order valence-electron chi connectivity index (χ2n) is 8.89. The molecule has 2 aromatic heterocycles. The highest BCUT2D eigenvalue weighted by Gasteiger charge is 2.23. The number of ether oxygens (including phenoxy) is 2. The lowest BCUT2D eigenvalue weighted by atomic mass is 9.96. The van der Waals surface area contributed by atoms with Crippen LogP contribution in [0.4, 0.5) is 5.13 Å². The summed E-state index contributed by atoms with van der Waals surface area (Å²) in [5, 5.41) is 5.97. The van der Waals surface area contributed by atoms with E-state index in [4.69, 9.17) is 9.47 Å². The monoisotopic (exact) mass is 539 g/mol. The fourth-order valence-corrected chi connectivity index (χ4v) is 5.05. The largest absolute Gasteiger partial charge is 0.497 e. The summed E-state index contributed by atoms with van der Waals surface area (Å²) in [5.41, 5.74) is 3.66. The van der Waals surface area contributed by atoms with E-state index in [2.05, 4.69) is 10.3 Å². The fraction of sp³-hybridized carbons (Fsp3) is 0.133. The van der Waals surface area contributed by atoms with Crippen molar-refractivity contribution in [2.45, 2.75) is 6.92 Å². The molecular formula is C30H25N3O5S. The summed E-state index contributed by atoms with van der Waals surface area (Å²) in [7, 11) is 3.12. The smallest absolute Gasteiger partial charge is 0.356 e. The summed E-state index contributed by atoms with van der Waals surface area (Å²) >= 11 is 1.25. The van der Waals surface area contributed by atoms with Crippen molar-refractivity contribution in [1.82, 2.24) is 9.55 Å². The topological polar surface area (TPSA) is 99.5 Å². The number of benzene rings is 3. The number of anilines is 1. The lowest BCUT2D eigenvalue weighted by Gasteiger charge is -2.17. The minimum absolute atomic E-state index is 0.0740. The number of amides is 1. The van der Waals surface area contributed by atoms with Crippen molar-refractivity contribution >= 4 is 39.1 Å². The molecule has 0 aliphatic heterocycles. The molecular weight excluding hydrogens is 514 g/mol. The Balaban J connectivity index is 1.38. The van der Waals surface area contributed by atoms with Gasteiger partial charge in [-0.25, -0.2) is 9.78 Å². The van der Waals surface area contributed by atoms with Crippen LogP contribution >= 0.6 is 11.3 Å². The van der Waals surface area contributed by atoms with Gasteiger partial charge in [-0.3, -0.25) is 14.9 Å². The fourth-order valence-electron chi connectivity index (χ4n) is 4.32. The van der Waals surface area contributed by atoms with Crippen LogP contribution in [0.3, 0.4) is 0 Å². The molecule has 0 aliphatic carbocycles. The average Bonchev–Trinajstić information content (AvgIpc) is 3.42. The van der Waals surface area contributed by atoms with Crippen molar-refractivity contribution in [1.29, 1.82) is 0 Å². The molecule has 5 rings (SSSR count). The lowest BCUT2D eigenvalue weighted by Crippen LogP contribution is -2.28. The normalized spacial score (nSPS) is 10.8. The van der Waals surface area contributed by atoms with Crippen LogP contribution in [0.5, 0.6) is 5.75 Å². The molecule has 0 unspecified atom stereocenters. The molecule has 0 fully saturated rings. The van der Waals surface area contributed by atoms with Gasteiger partial charge in [0.05, 0.1) is 12.8 Å². The van der Waals surface area contributed by atoms with E-state index in [0.29, 0.717) is 32.9 Å². The molecule has 0 bridgehead atoms. The van der Waals surface area contributed by atoms with E-state index >= 15 is 0 Å². The van der Waals surface area contributed by atoms with E-state index < -0.39 is 18.5 Å². The van der Waals surface area contributed by atoms with Gasteiger partial charge in [0.1, 0.15) is 11.4 Å². The molecule has 8 nitrogen and oxygen atoms in total. The first-order chi connectivity index (χ1) is 18.9. The highest BCUT2D eigenvalue weighted by molar-refractivity contribution is 7.14. The number of hydrogen-bond donors (Lipinski definition) is 1. The summed E-state index contributed by atoms with van der Waals surface area (Å²) in [4.78, 5) is 43.5. The summed E-state index contributed by atoms with van der Waals surface area (Å²) in [6, 6.07) is 22.2. The Hall–Kier alpha value is -4.76. The molecule has 1 amide bonds. The Kier molecular flexibility index (Phi) is 7.25. The lowest BCUT2D eigenvalue weighted by molar-refractivity contribution is -0.119. The Labute approximate surface area is 228 Å². The van der Waals surface area contributed by atoms with Gasteiger partial charge in [0.25, 0.3) is 11.5 Å². The maximum absolute atomic E-state index is 13.3. The van der Waals surface area contributed by atoms with Crippen molar-refractivity contribution in [3.8, 4) is 28.1 Å². The molecule has 0 saturated carbocycles. The average molecular weight is 540 g/mol. The number of nitrogens with one attached hydrogen (secondary N) is 1. The number of thiazole rings is 1. The third-order valence-corrected chi connectivity index (χ3v) is 7.05. The van der Waals surface area contributed by atoms with Gasteiger partial charge in [0.15, 0.2) is 11.7 Å². The SMILES string of the molecule is COc1cccc(-c2csc(NC(=O)COC(=O)c3c(-c4ccc(C)cc4)c4ccccc4c(=O)n3C)n2)c1. The first kappa shape index (κ1) is 25.9. The molecule has 3 aromatic carbocycles. The summed E-state index contributed by atoms with van der Waals surface area (Å²) in [5.74, 6) is -0.619. The van der Waals surface area contributed by atoms with Crippen LogP contribution in [0.1, 0.15) is 16.1 Å². The summed E-state index contributed by atoms with van der Waals surface area (Å²) < 4.78 is 11.9. The number of rotatable bonds is 7. The molecule has 2 heterocycles. The van der Waals surface area contributed by atoms with E-state index in [1.165, 1.54) is 23.0 Å². The van der Waals surface area contributed by atoms with Crippen LogP contribution < -0.4 is 15.6 Å². The highest BCUT2D eigenvalue weighted by Crippen LogP contribution is 2.31. The van der Waals surface area contributed by atoms with Gasteiger partial charge in [-0.1, -0.05) is 60.2 Å². The van der Waals surface area contributed by atoms with Crippen molar-refractivity contribution in [2.75, 3.05) is 19.0 Å². The van der Waals surface area contributed by atoms with E-state index in [-0.39, 0.29) is 11.3 Å². The number of aryl methyl sites for hydroxylation is 1. The number of esters is 1. The standard InChI is InChI=1S/C30H25N3O5S/c1-18-11-13-19(14-12-18)26-22-9-4-5-10-23(22)28(35)33(2)27(26)29(36)38-16-25(34)32-30-31-24(17-39-30)20-7-6-8-21(15-20)37-3/h4-15,17H,16H2,1-3H3,(H,31,32,34). The van der Waals surface area contributed by atoms with E-state index in [1.54, 1.807) is 25.3 Å². The molecule has 196 valence electrons. The van der Waals surface area contributed by atoms with Gasteiger partial charge in [0.2, 0.25) is 0 Å². The Morgan fingerprint density at radius 2 is 1.72 bits per heavy atom. The van der Waals surface area contributed by atoms with Crippen LogP contribution in [-0.2, 0) is 16.6 Å². The maximum atomic E-state index is 13.3. The molecule has 0 atom stereocenters. The van der Waals surface area contributed by atoms with Gasteiger partial charge >= 0.3 is 5.97 Å². The van der Waals surface area contributed by atoms with Crippen LogP contribution in [0.25, 0.3) is 33.2 Å². The zero-order chi connectivity index (χ0) is 27.5. The van der Waals surface area contributed by atoms with Crippen LogP contribution in [0.2, 0.25) is 0 Å². The van der Waals surface area contributed by atoms with Gasteiger partial charge in [-0.2, -0.15) is 0 Å². The minimum Gasteiger partial charge on any atom is -0.497 e. The molecule has 9 heteroatoms. The molecule has 1 N–H and O–H groups in total. The third kappa shape index (κ3) is 5.30. The van der Waals surface area contributed by atoms with Crippen LogP contribution in [-0.4, -0.2) is 35.1 Å².